The highest BCUT2D eigenvalue weighted by Gasteiger charge is 2.36. The summed E-state index contributed by atoms with van der Waals surface area (Å²) in [6.07, 6.45) is 0. The van der Waals surface area contributed by atoms with Crippen molar-refractivity contribution in [3.8, 4) is 0 Å². The van der Waals surface area contributed by atoms with Crippen LogP contribution in [-0.2, 0) is 0 Å². The number of ketones is 1. The van der Waals surface area contributed by atoms with E-state index < -0.39 is 0 Å². The number of nitrogens with zero attached hydrogens (tertiary/aromatic N) is 1. The fourth-order valence-electron chi connectivity index (χ4n) is 2.79. The van der Waals surface area contributed by atoms with E-state index in [2.05, 4.69) is 15.9 Å². The number of hydrogen-bond donors (Lipinski definition) is 0. The van der Waals surface area contributed by atoms with Crippen LogP contribution in [0.5, 0.6) is 0 Å². The summed E-state index contributed by atoms with van der Waals surface area (Å²) in [5.74, 6) is -0.229. The maximum Gasteiger partial charge on any atom is 0.272 e. The minimum absolute atomic E-state index is 0.179. The second-order valence-electron chi connectivity index (χ2n) is 5.20. The van der Waals surface area contributed by atoms with Gasteiger partial charge >= 0.3 is 0 Å². The van der Waals surface area contributed by atoms with Crippen LogP contribution in [0.1, 0.15) is 15.9 Å². The molecule has 0 aromatic heterocycles. The van der Waals surface area contributed by atoms with Crippen molar-refractivity contribution < 1.29 is 9.53 Å². The van der Waals surface area contributed by atoms with E-state index >= 15 is 0 Å². The minimum Gasteiger partial charge on any atom is -0.618 e. The van der Waals surface area contributed by atoms with Gasteiger partial charge in [0.15, 0.2) is 0 Å². The first-order chi connectivity index (χ1) is 10.6. The molecule has 3 aromatic rings. The number of carbonyl (C=O) groups excluding carboxylic acids is 1. The predicted molar refractivity (Wildman–Crippen MR) is 89.8 cm³/mol. The van der Waals surface area contributed by atoms with Gasteiger partial charge in [0.2, 0.25) is 5.69 Å². The summed E-state index contributed by atoms with van der Waals surface area (Å²) in [5, 5.41) is 14.6. The van der Waals surface area contributed by atoms with Crippen molar-refractivity contribution in [2.45, 2.75) is 0 Å². The molecule has 0 saturated heterocycles. The molecule has 4 rings (SSSR count). The Kier molecular flexibility index (Phi) is 2.87. The van der Waals surface area contributed by atoms with Gasteiger partial charge in [0, 0.05) is 10.5 Å². The summed E-state index contributed by atoms with van der Waals surface area (Å²) in [6.45, 7) is 0. The van der Waals surface area contributed by atoms with E-state index in [-0.39, 0.29) is 11.5 Å². The van der Waals surface area contributed by atoms with Gasteiger partial charge in [-0.1, -0.05) is 46.3 Å². The lowest BCUT2D eigenvalue weighted by atomic mass is 10.00. The summed E-state index contributed by atoms with van der Waals surface area (Å²) < 4.78 is 1.51. The van der Waals surface area contributed by atoms with E-state index in [1.165, 1.54) is 0 Å². The standard InChI is InChI=1S/C18H10BrNO2/c19-14-7-8-15-16(10-14)20(22)17(18(15)21)13-6-5-11-3-1-2-4-12(11)9-13/h1-10H. The Labute approximate surface area is 135 Å². The molecule has 1 heterocycles. The molecule has 1 aliphatic rings. The van der Waals surface area contributed by atoms with Crippen LogP contribution in [-0.4, -0.2) is 16.2 Å². The molecule has 3 aromatic carbocycles. The zero-order chi connectivity index (χ0) is 15.3. The molecule has 0 bridgehead atoms. The van der Waals surface area contributed by atoms with E-state index in [4.69, 9.17) is 0 Å². The Bertz CT molecular complexity index is 976. The Balaban J connectivity index is 1.93. The first-order valence-corrected chi connectivity index (χ1v) is 7.62. The largest absolute Gasteiger partial charge is 0.618 e. The van der Waals surface area contributed by atoms with Crippen molar-refractivity contribution in [2.24, 2.45) is 0 Å². The quantitative estimate of drug-likeness (QED) is 0.480. The van der Waals surface area contributed by atoms with Gasteiger partial charge in [-0.05, 0) is 35.0 Å². The molecule has 0 saturated carbocycles. The number of rotatable bonds is 1. The number of hydrogen-bond acceptors (Lipinski definition) is 2. The van der Waals surface area contributed by atoms with Crippen LogP contribution >= 0.6 is 15.9 Å². The van der Waals surface area contributed by atoms with Crippen molar-refractivity contribution in [1.29, 1.82) is 0 Å². The highest BCUT2D eigenvalue weighted by atomic mass is 79.9. The van der Waals surface area contributed by atoms with Gasteiger partial charge < -0.3 is 5.21 Å². The molecule has 0 radical (unpaired) electrons. The zero-order valence-electron chi connectivity index (χ0n) is 11.4. The molecule has 106 valence electrons. The zero-order valence-corrected chi connectivity index (χ0v) is 13.0. The van der Waals surface area contributed by atoms with Crippen molar-refractivity contribution in [3.05, 3.63) is 81.5 Å². The Hall–Kier alpha value is -2.46. The smallest absolute Gasteiger partial charge is 0.272 e. The maximum absolute atomic E-state index is 12.6. The molecule has 0 fully saturated rings. The van der Waals surface area contributed by atoms with E-state index in [1.807, 2.05) is 42.5 Å². The van der Waals surface area contributed by atoms with Crippen molar-refractivity contribution in [3.63, 3.8) is 0 Å². The Morgan fingerprint density at radius 3 is 2.50 bits per heavy atom. The van der Waals surface area contributed by atoms with Crippen LogP contribution in [0.3, 0.4) is 0 Å². The molecular formula is C18H10BrNO2. The Morgan fingerprint density at radius 2 is 1.68 bits per heavy atom. The van der Waals surface area contributed by atoms with Gasteiger partial charge in [0.05, 0.1) is 5.56 Å². The second-order valence-corrected chi connectivity index (χ2v) is 6.11. The van der Waals surface area contributed by atoms with Crippen LogP contribution in [0.2, 0.25) is 0 Å². The summed E-state index contributed by atoms with van der Waals surface area (Å²) in [5.41, 5.74) is 1.66. The fourth-order valence-corrected chi connectivity index (χ4v) is 3.14. The normalized spacial score (nSPS) is 13.8. The van der Waals surface area contributed by atoms with Gasteiger partial charge in [-0.3, -0.25) is 4.79 Å². The maximum atomic E-state index is 12.6. The number of benzene rings is 3. The van der Waals surface area contributed by atoms with Crippen LogP contribution in [0.25, 0.3) is 10.8 Å². The van der Waals surface area contributed by atoms with Gasteiger partial charge in [-0.2, -0.15) is 4.74 Å². The summed E-state index contributed by atoms with van der Waals surface area (Å²) in [6, 6.07) is 18.6. The van der Waals surface area contributed by atoms with Crippen LogP contribution in [0.15, 0.2) is 65.1 Å². The lowest BCUT2D eigenvalue weighted by molar-refractivity contribution is -0.355. The molecular weight excluding hydrogens is 342 g/mol. The number of fused-ring (bicyclic) bond motifs is 2. The summed E-state index contributed by atoms with van der Waals surface area (Å²) in [4.78, 5) is 12.6. The van der Waals surface area contributed by atoms with E-state index in [0.29, 0.717) is 16.8 Å². The molecule has 0 N–H and O–H groups in total. The van der Waals surface area contributed by atoms with E-state index in [9.17, 15) is 10.0 Å². The Morgan fingerprint density at radius 1 is 0.909 bits per heavy atom. The van der Waals surface area contributed by atoms with Gasteiger partial charge in [-0.15, -0.1) is 0 Å². The van der Waals surface area contributed by atoms with Crippen LogP contribution in [0, 0.1) is 5.21 Å². The van der Waals surface area contributed by atoms with Gasteiger partial charge in [0.1, 0.15) is 5.56 Å². The van der Waals surface area contributed by atoms with E-state index in [1.54, 1.807) is 18.2 Å². The fraction of sp³-hybridized carbons (Fsp3) is 0. The number of halogens is 1. The predicted octanol–water partition coefficient (Wildman–Crippen LogP) is 4.43. The first kappa shape index (κ1) is 13.2. The van der Waals surface area contributed by atoms with Crippen molar-refractivity contribution in [2.75, 3.05) is 0 Å². The molecule has 4 heteroatoms. The lowest BCUT2D eigenvalue weighted by Crippen LogP contribution is -2.16. The third kappa shape index (κ3) is 1.88. The van der Waals surface area contributed by atoms with Gasteiger partial charge in [0.25, 0.3) is 11.5 Å². The lowest BCUT2D eigenvalue weighted by Gasteiger charge is -2.04. The van der Waals surface area contributed by atoms with Gasteiger partial charge in [-0.25, -0.2) is 0 Å². The summed E-state index contributed by atoms with van der Waals surface area (Å²) >= 11 is 3.33. The molecule has 3 nitrogen and oxygen atoms in total. The molecule has 0 aliphatic carbocycles. The molecule has 0 unspecified atom stereocenters. The third-order valence-corrected chi connectivity index (χ3v) is 4.36. The monoisotopic (exact) mass is 351 g/mol. The minimum atomic E-state index is -0.229. The van der Waals surface area contributed by atoms with Crippen molar-refractivity contribution >= 4 is 43.9 Å². The first-order valence-electron chi connectivity index (χ1n) is 6.83. The SMILES string of the molecule is O=C1C(c2ccc3ccccc3c2)=[N+]([O-])c2cc(Br)ccc21. The van der Waals surface area contributed by atoms with Crippen LogP contribution < -0.4 is 0 Å². The third-order valence-electron chi connectivity index (χ3n) is 3.86. The average molecular weight is 352 g/mol. The molecule has 0 atom stereocenters. The van der Waals surface area contributed by atoms with E-state index in [0.717, 1.165) is 20.0 Å². The average Bonchev–Trinajstić information content (AvgIpc) is 2.78. The molecule has 0 spiro atoms. The molecule has 1 aliphatic heterocycles. The highest BCUT2D eigenvalue weighted by Crippen LogP contribution is 2.31. The van der Waals surface area contributed by atoms with Crippen molar-refractivity contribution in [1.82, 2.24) is 0 Å². The summed E-state index contributed by atoms with van der Waals surface area (Å²) in [7, 11) is 0. The second kappa shape index (κ2) is 4.78. The molecule has 22 heavy (non-hydrogen) atoms. The molecule has 0 amide bonds. The van der Waals surface area contributed by atoms with Crippen LogP contribution in [0.4, 0.5) is 5.69 Å². The topological polar surface area (TPSA) is 43.1 Å². The number of Topliss-reactive ketones (excluding diaryl/α,β-unsaturated/α-hetero) is 1. The highest BCUT2D eigenvalue weighted by molar-refractivity contribution is 9.10. The number of carbonyl (C=O) groups is 1.